The van der Waals surface area contributed by atoms with Gasteiger partial charge in [-0.25, -0.2) is 4.98 Å². The number of nitrogens with one attached hydrogen (secondary N) is 2. The van der Waals surface area contributed by atoms with E-state index < -0.39 is 0 Å². The summed E-state index contributed by atoms with van der Waals surface area (Å²) in [6, 6.07) is 6.77. The first-order chi connectivity index (χ1) is 22.4. The van der Waals surface area contributed by atoms with Gasteiger partial charge >= 0.3 is 0 Å². The molecule has 244 valence electrons. The lowest BCUT2D eigenvalue weighted by Gasteiger charge is -2.42. The number of nitrogens with zero attached hydrogens (tertiary/aromatic N) is 9. The summed E-state index contributed by atoms with van der Waals surface area (Å²) in [5.41, 5.74) is 6.30. The van der Waals surface area contributed by atoms with Crippen LogP contribution < -0.4 is 24.6 Å². The third-order valence-electron chi connectivity index (χ3n) is 9.11. The maximum atomic E-state index is 5.81. The van der Waals surface area contributed by atoms with Crippen molar-refractivity contribution >= 4 is 57.6 Å². The van der Waals surface area contributed by atoms with E-state index in [0.29, 0.717) is 23.7 Å². The van der Waals surface area contributed by atoms with E-state index in [2.05, 4.69) is 64.6 Å². The highest BCUT2D eigenvalue weighted by Crippen LogP contribution is 2.37. The van der Waals surface area contributed by atoms with Crippen LogP contribution in [-0.2, 0) is 6.42 Å². The topological polar surface area (TPSA) is 111 Å². The van der Waals surface area contributed by atoms with Gasteiger partial charge in [-0.1, -0.05) is 18.9 Å². The Kier molecular flexibility index (Phi) is 9.90. The Balaban J connectivity index is 1.22. The molecule has 6 rings (SSSR count). The molecule has 5 heterocycles. The minimum atomic E-state index is 0.455. The van der Waals surface area contributed by atoms with Gasteiger partial charge in [0.15, 0.2) is 0 Å². The number of piperazine rings is 1. The first kappa shape index (κ1) is 32.0. The number of aryl methyl sites for hydroxylation is 2. The number of fused-ring (bicyclic) bond motifs is 1. The van der Waals surface area contributed by atoms with Crippen molar-refractivity contribution in [2.45, 2.75) is 39.2 Å². The molecule has 0 saturated carbocycles. The minimum absolute atomic E-state index is 0.455. The summed E-state index contributed by atoms with van der Waals surface area (Å²) in [6.45, 7) is 10.8. The van der Waals surface area contributed by atoms with Crippen molar-refractivity contribution in [3.8, 4) is 5.88 Å². The van der Waals surface area contributed by atoms with Crippen molar-refractivity contribution in [1.29, 1.82) is 0 Å². The Hall–Kier alpha value is -3.94. The minimum Gasteiger partial charge on any atom is -0.479 e. The van der Waals surface area contributed by atoms with Crippen LogP contribution in [0.2, 0.25) is 0 Å². The van der Waals surface area contributed by atoms with Crippen LogP contribution in [-0.4, -0.2) is 107 Å². The second kappa shape index (κ2) is 14.2. The molecule has 0 bridgehead atoms. The Labute approximate surface area is 276 Å². The maximum Gasteiger partial charge on any atom is 0.239 e. The summed E-state index contributed by atoms with van der Waals surface area (Å²) in [6.07, 6.45) is 10.4. The first-order valence-corrected chi connectivity index (χ1v) is 17.2. The van der Waals surface area contributed by atoms with E-state index in [9.17, 15) is 0 Å². The average molecular weight is 644 g/mol. The van der Waals surface area contributed by atoms with Crippen LogP contribution in [0.5, 0.6) is 5.88 Å². The van der Waals surface area contributed by atoms with Gasteiger partial charge < -0.3 is 29.5 Å². The van der Waals surface area contributed by atoms with Gasteiger partial charge in [0.05, 0.1) is 24.0 Å². The highest BCUT2D eigenvalue weighted by atomic mass is 32.2. The lowest BCUT2D eigenvalue weighted by molar-refractivity contribution is 0.0981. The molecule has 13 heteroatoms. The monoisotopic (exact) mass is 643 g/mol. The van der Waals surface area contributed by atoms with Crippen LogP contribution in [0, 0.1) is 6.92 Å². The van der Waals surface area contributed by atoms with Crippen molar-refractivity contribution in [3.63, 3.8) is 0 Å². The average Bonchev–Trinajstić information content (AvgIpc) is 3.09. The standard InChI is InChI=1S/C33H45N11OS/c1-7-23-20-27(32(45-5)40-31(23)44-14-10-24(11-15-44)43-18-16-41(3)17-19-43)38-33-36-21-22(2)30(39-33)37-26-9-8-25-28(35-13-12-34-25)29(26)42(4)46-6/h8-9,12-13,20-21,24H,7,10-11,14-19H2,1-6H3,(H2,36,37,38,39). The molecule has 2 fully saturated rings. The summed E-state index contributed by atoms with van der Waals surface area (Å²) in [5.74, 6) is 2.69. The summed E-state index contributed by atoms with van der Waals surface area (Å²) in [5, 5.41) is 6.93. The number of pyridine rings is 1. The Bertz CT molecular complexity index is 1650. The number of hydrogen-bond acceptors (Lipinski definition) is 13. The Morgan fingerprint density at radius 1 is 0.978 bits per heavy atom. The van der Waals surface area contributed by atoms with Gasteiger partial charge in [0, 0.05) is 82.8 Å². The molecule has 12 nitrogen and oxygen atoms in total. The van der Waals surface area contributed by atoms with Crippen LogP contribution in [0.4, 0.5) is 34.6 Å². The van der Waals surface area contributed by atoms with Crippen LogP contribution in [0.15, 0.2) is 36.8 Å². The predicted molar refractivity (Wildman–Crippen MR) is 189 cm³/mol. The van der Waals surface area contributed by atoms with Gasteiger partial charge in [0.25, 0.3) is 0 Å². The normalized spacial score (nSPS) is 16.5. The van der Waals surface area contributed by atoms with Crippen molar-refractivity contribution in [3.05, 3.63) is 47.9 Å². The summed E-state index contributed by atoms with van der Waals surface area (Å²) >= 11 is 1.60. The van der Waals surface area contributed by atoms with Gasteiger partial charge in [-0.2, -0.15) is 9.97 Å². The molecule has 1 aromatic carbocycles. The van der Waals surface area contributed by atoms with Gasteiger partial charge in [-0.05, 0) is 57.0 Å². The Morgan fingerprint density at radius 2 is 1.74 bits per heavy atom. The number of piperidine rings is 1. The van der Waals surface area contributed by atoms with Crippen LogP contribution in [0.1, 0.15) is 30.9 Å². The van der Waals surface area contributed by atoms with E-state index in [1.165, 1.54) is 18.7 Å². The number of hydrogen-bond donors (Lipinski definition) is 2. The highest BCUT2D eigenvalue weighted by molar-refractivity contribution is 7.99. The predicted octanol–water partition coefficient (Wildman–Crippen LogP) is 5.11. The highest BCUT2D eigenvalue weighted by Gasteiger charge is 2.28. The van der Waals surface area contributed by atoms with E-state index >= 15 is 0 Å². The molecule has 0 aliphatic carbocycles. The molecule has 2 aliphatic rings. The first-order valence-electron chi connectivity index (χ1n) is 16.0. The molecule has 0 amide bonds. The lowest BCUT2D eigenvalue weighted by Crippen LogP contribution is -2.52. The van der Waals surface area contributed by atoms with E-state index in [1.807, 2.05) is 38.6 Å². The SMILES string of the molecule is CCc1cc(Nc2ncc(C)c(Nc3ccc4nccnc4c3N(C)SC)n2)c(OC)nc1N1CCC(N2CCN(C)CC2)CC1. The number of anilines is 6. The number of likely N-dealkylation sites (N-methyl/N-ethyl adjacent to an activating group) is 1. The number of benzene rings is 1. The van der Waals surface area contributed by atoms with Gasteiger partial charge in [0.2, 0.25) is 11.8 Å². The molecule has 2 N–H and O–H groups in total. The molecule has 0 unspecified atom stereocenters. The van der Waals surface area contributed by atoms with Crippen LogP contribution in [0.25, 0.3) is 11.0 Å². The Morgan fingerprint density at radius 3 is 2.46 bits per heavy atom. The molecule has 4 aromatic rings. The fraction of sp³-hybridized carbons (Fsp3) is 0.485. The molecule has 2 saturated heterocycles. The smallest absolute Gasteiger partial charge is 0.239 e. The van der Waals surface area contributed by atoms with Crippen LogP contribution in [0.3, 0.4) is 0 Å². The molecule has 3 aromatic heterocycles. The zero-order valence-corrected chi connectivity index (χ0v) is 28.6. The van der Waals surface area contributed by atoms with E-state index in [0.717, 1.165) is 84.9 Å². The zero-order chi connectivity index (χ0) is 32.2. The summed E-state index contributed by atoms with van der Waals surface area (Å²) < 4.78 is 7.89. The molecular weight excluding hydrogens is 599 g/mol. The van der Waals surface area contributed by atoms with Crippen molar-refractivity contribution < 1.29 is 4.74 Å². The molecule has 0 atom stereocenters. The van der Waals surface area contributed by atoms with Crippen LogP contribution >= 0.6 is 11.9 Å². The fourth-order valence-electron chi connectivity index (χ4n) is 6.35. The summed E-state index contributed by atoms with van der Waals surface area (Å²) in [4.78, 5) is 31.2. The molecule has 2 aliphatic heterocycles. The molecular formula is C33H45N11OS. The number of ether oxygens (including phenoxy) is 1. The van der Waals surface area contributed by atoms with Gasteiger partial charge in [0.1, 0.15) is 22.8 Å². The van der Waals surface area contributed by atoms with E-state index in [4.69, 9.17) is 14.7 Å². The molecule has 0 spiro atoms. The van der Waals surface area contributed by atoms with Crippen molar-refractivity contribution in [1.82, 2.24) is 34.7 Å². The second-order valence-electron chi connectivity index (χ2n) is 12.0. The van der Waals surface area contributed by atoms with Gasteiger partial charge in [-0.15, -0.1) is 0 Å². The fourth-order valence-corrected chi connectivity index (χ4v) is 6.71. The number of methoxy groups -OCH3 is 1. The van der Waals surface area contributed by atoms with Gasteiger partial charge in [-0.3, -0.25) is 14.9 Å². The maximum absolute atomic E-state index is 5.81. The molecule has 0 radical (unpaired) electrons. The number of rotatable bonds is 10. The largest absolute Gasteiger partial charge is 0.479 e. The van der Waals surface area contributed by atoms with Crippen molar-refractivity contribution in [2.75, 3.05) is 86.6 Å². The lowest BCUT2D eigenvalue weighted by atomic mass is 10.0. The third-order valence-corrected chi connectivity index (χ3v) is 9.84. The number of aromatic nitrogens is 5. The third kappa shape index (κ3) is 6.76. The van der Waals surface area contributed by atoms with E-state index in [1.54, 1.807) is 31.5 Å². The van der Waals surface area contributed by atoms with Crippen molar-refractivity contribution in [2.24, 2.45) is 0 Å². The quantitative estimate of drug-likeness (QED) is 0.224. The zero-order valence-electron chi connectivity index (χ0n) is 27.7. The second-order valence-corrected chi connectivity index (χ2v) is 12.9. The molecule has 46 heavy (non-hydrogen) atoms. The summed E-state index contributed by atoms with van der Waals surface area (Å²) in [7, 11) is 5.90. The van der Waals surface area contributed by atoms with E-state index in [-0.39, 0.29) is 0 Å².